The zero-order chi connectivity index (χ0) is 16.0. The zero-order valence-corrected chi connectivity index (χ0v) is 14.8. The van der Waals surface area contributed by atoms with E-state index in [0.717, 1.165) is 16.5 Å². The molecule has 0 spiro atoms. The molecule has 0 N–H and O–H groups in total. The van der Waals surface area contributed by atoms with Crippen LogP contribution in [0, 0.1) is 0 Å². The average Bonchev–Trinajstić information content (AvgIpc) is 2.35. The normalized spacial score (nSPS) is 13.2. The van der Waals surface area contributed by atoms with Crippen LogP contribution in [0.2, 0.25) is 0 Å². The molecule has 5 heteroatoms. The van der Waals surface area contributed by atoms with Crippen LogP contribution < -0.4 is 0 Å². The van der Waals surface area contributed by atoms with E-state index < -0.39 is 5.60 Å². The van der Waals surface area contributed by atoms with Crippen molar-refractivity contribution in [1.82, 2.24) is 9.88 Å². The number of rotatable bonds is 4. The van der Waals surface area contributed by atoms with Gasteiger partial charge in [0, 0.05) is 30.0 Å². The predicted molar refractivity (Wildman–Crippen MR) is 89.0 cm³/mol. The number of carbonyl (C=O) groups excluding carboxylic acids is 1. The summed E-state index contributed by atoms with van der Waals surface area (Å²) in [7, 11) is 1.76. The van der Waals surface area contributed by atoms with Crippen molar-refractivity contribution in [2.45, 2.75) is 45.8 Å². The van der Waals surface area contributed by atoms with Crippen molar-refractivity contribution < 1.29 is 9.53 Å². The van der Waals surface area contributed by atoms with Gasteiger partial charge in [-0.25, -0.2) is 4.79 Å². The maximum absolute atomic E-state index is 11.9. The number of hydrogen-bond acceptors (Lipinski definition) is 3. The van der Waals surface area contributed by atoms with Crippen molar-refractivity contribution in [3.63, 3.8) is 0 Å². The predicted octanol–water partition coefficient (Wildman–Crippen LogP) is 4.50. The first-order chi connectivity index (χ1) is 9.69. The van der Waals surface area contributed by atoms with Crippen LogP contribution in [-0.2, 0) is 4.74 Å². The molecule has 1 atom stereocenters. The highest BCUT2D eigenvalue weighted by molar-refractivity contribution is 9.10. The van der Waals surface area contributed by atoms with Gasteiger partial charge in [-0.15, -0.1) is 0 Å². The smallest absolute Gasteiger partial charge is 0.410 e. The van der Waals surface area contributed by atoms with Crippen molar-refractivity contribution in [2.24, 2.45) is 0 Å². The minimum Gasteiger partial charge on any atom is -0.444 e. The molecule has 4 nitrogen and oxygen atoms in total. The molecule has 0 saturated heterocycles. The van der Waals surface area contributed by atoms with Crippen LogP contribution in [0.25, 0.3) is 6.08 Å². The molecule has 0 saturated carbocycles. The molecule has 0 aromatic carbocycles. The molecule has 1 heterocycles. The number of pyridine rings is 1. The van der Waals surface area contributed by atoms with E-state index in [1.807, 2.05) is 45.9 Å². The van der Waals surface area contributed by atoms with E-state index in [-0.39, 0.29) is 12.1 Å². The van der Waals surface area contributed by atoms with E-state index >= 15 is 0 Å². The lowest BCUT2D eigenvalue weighted by Crippen LogP contribution is -2.39. The van der Waals surface area contributed by atoms with Crippen molar-refractivity contribution in [3.8, 4) is 0 Å². The second-order valence-corrected chi connectivity index (χ2v) is 6.93. The molecular weight excluding hydrogens is 332 g/mol. The fraction of sp³-hybridized carbons (Fsp3) is 0.500. The fourth-order valence-corrected chi connectivity index (χ4v) is 1.98. The first-order valence-corrected chi connectivity index (χ1v) is 7.71. The van der Waals surface area contributed by atoms with Gasteiger partial charge < -0.3 is 9.64 Å². The zero-order valence-electron chi connectivity index (χ0n) is 13.3. The van der Waals surface area contributed by atoms with Gasteiger partial charge in [0.2, 0.25) is 0 Å². The second kappa shape index (κ2) is 7.59. The summed E-state index contributed by atoms with van der Waals surface area (Å²) in [6.45, 7) is 7.59. The van der Waals surface area contributed by atoms with Gasteiger partial charge in [-0.3, -0.25) is 4.98 Å². The summed E-state index contributed by atoms with van der Waals surface area (Å²) < 4.78 is 6.30. The molecule has 0 aliphatic heterocycles. The summed E-state index contributed by atoms with van der Waals surface area (Å²) >= 11 is 3.39. The van der Waals surface area contributed by atoms with E-state index in [1.165, 1.54) is 0 Å². The third-order valence-corrected chi connectivity index (χ3v) is 3.29. The lowest BCUT2D eigenvalue weighted by Gasteiger charge is -2.28. The molecule has 0 bridgehead atoms. The quantitative estimate of drug-likeness (QED) is 0.798. The molecule has 0 fully saturated rings. The van der Waals surface area contributed by atoms with E-state index in [1.54, 1.807) is 24.3 Å². The van der Waals surface area contributed by atoms with Gasteiger partial charge in [-0.05, 0) is 61.7 Å². The van der Waals surface area contributed by atoms with Crippen LogP contribution in [0.15, 0.2) is 29.0 Å². The summed E-state index contributed by atoms with van der Waals surface area (Å²) in [5.41, 5.74) is 0.555. The van der Waals surface area contributed by atoms with E-state index in [0.29, 0.717) is 0 Å². The van der Waals surface area contributed by atoms with Crippen LogP contribution in [0.1, 0.15) is 39.7 Å². The number of aromatic nitrogens is 1. The van der Waals surface area contributed by atoms with Gasteiger partial charge in [-0.1, -0.05) is 12.2 Å². The summed E-state index contributed by atoms with van der Waals surface area (Å²) in [5.74, 6) is 0. The molecule has 116 valence electrons. The lowest BCUT2D eigenvalue weighted by atomic mass is 10.1. The number of amides is 1. The Morgan fingerprint density at radius 1 is 1.48 bits per heavy atom. The van der Waals surface area contributed by atoms with E-state index in [9.17, 15) is 4.79 Å². The van der Waals surface area contributed by atoms with Crippen LogP contribution in [-0.4, -0.2) is 34.7 Å². The van der Waals surface area contributed by atoms with Crippen molar-refractivity contribution in [1.29, 1.82) is 0 Å². The molecule has 1 amide bonds. The summed E-state index contributed by atoms with van der Waals surface area (Å²) in [6, 6.07) is 2.06. The Kier molecular flexibility index (Phi) is 6.40. The number of ether oxygens (including phenoxy) is 1. The third-order valence-electron chi connectivity index (χ3n) is 2.86. The SMILES string of the molecule is CC(C/C=C\c1cncc(Br)c1)N(C)C(=O)OC(C)(C)C. The Balaban J connectivity index is 2.53. The average molecular weight is 355 g/mol. The minimum absolute atomic E-state index is 0.0659. The Hall–Kier alpha value is -1.36. The number of hydrogen-bond donors (Lipinski definition) is 0. The van der Waals surface area contributed by atoms with Gasteiger partial charge in [-0.2, -0.15) is 0 Å². The van der Waals surface area contributed by atoms with Gasteiger partial charge >= 0.3 is 6.09 Å². The number of halogens is 1. The van der Waals surface area contributed by atoms with Crippen molar-refractivity contribution >= 4 is 28.1 Å². The standard InChI is InChI=1S/C16H23BrN2O2/c1-12(19(5)15(20)21-16(2,3)4)7-6-8-13-9-14(17)11-18-10-13/h6,8-12H,7H2,1-5H3/b8-6-. The van der Waals surface area contributed by atoms with Gasteiger partial charge in [0.05, 0.1) is 0 Å². The number of carbonyl (C=O) groups is 1. The molecule has 1 unspecified atom stereocenters. The van der Waals surface area contributed by atoms with Gasteiger partial charge in [0.1, 0.15) is 5.60 Å². The number of nitrogens with zero attached hydrogens (tertiary/aromatic N) is 2. The highest BCUT2D eigenvalue weighted by Gasteiger charge is 2.22. The molecule has 1 aromatic heterocycles. The molecule has 21 heavy (non-hydrogen) atoms. The van der Waals surface area contributed by atoms with Gasteiger partial charge in [0.15, 0.2) is 0 Å². The first-order valence-electron chi connectivity index (χ1n) is 6.92. The second-order valence-electron chi connectivity index (χ2n) is 6.01. The highest BCUT2D eigenvalue weighted by atomic mass is 79.9. The summed E-state index contributed by atoms with van der Waals surface area (Å²) in [4.78, 5) is 17.7. The van der Waals surface area contributed by atoms with Crippen LogP contribution in [0.4, 0.5) is 4.79 Å². The largest absolute Gasteiger partial charge is 0.444 e. The van der Waals surface area contributed by atoms with Crippen LogP contribution >= 0.6 is 15.9 Å². The highest BCUT2D eigenvalue weighted by Crippen LogP contribution is 2.14. The Morgan fingerprint density at radius 2 is 2.14 bits per heavy atom. The third kappa shape index (κ3) is 6.76. The molecule has 1 aromatic rings. The van der Waals surface area contributed by atoms with E-state index in [2.05, 4.69) is 20.9 Å². The Bertz CT molecular complexity index is 509. The molecule has 0 radical (unpaired) electrons. The Labute approximate surface area is 135 Å². The molecule has 1 rings (SSSR count). The molecular formula is C16H23BrN2O2. The molecule has 0 aliphatic rings. The lowest BCUT2D eigenvalue weighted by molar-refractivity contribution is 0.0238. The molecule has 0 aliphatic carbocycles. The monoisotopic (exact) mass is 354 g/mol. The maximum atomic E-state index is 11.9. The van der Waals surface area contributed by atoms with Crippen LogP contribution in [0.3, 0.4) is 0 Å². The summed E-state index contributed by atoms with van der Waals surface area (Å²) in [6.07, 6.45) is 8.03. The van der Waals surface area contributed by atoms with Gasteiger partial charge in [0.25, 0.3) is 0 Å². The maximum Gasteiger partial charge on any atom is 0.410 e. The fourth-order valence-electron chi connectivity index (χ4n) is 1.59. The van der Waals surface area contributed by atoms with Crippen molar-refractivity contribution in [3.05, 3.63) is 34.6 Å². The van der Waals surface area contributed by atoms with Crippen LogP contribution in [0.5, 0.6) is 0 Å². The Morgan fingerprint density at radius 3 is 2.71 bits per heavy atom. The topological polar surface area (TPSA) is 42.4 Å². The van der Waals surface area contributed by atoms with E-state index in [4.69, 9.17) is 4.74 Å². The van der Waals surface area contributed by atoms with Crippen molar-refractivity contribution in [2.75, 3.05) is 7.05 Å². The minimum atomic E-state index is -0.469. The first kappa shape index (κ1) is 17.7. The summed E-state index contributed by atoms with van der Waals surface area (Å²) in [5, 5.41) is 0.